The summed E-state index contributed by atoms with van der Waals surface area (Å²) in [6.45, 7) is 1.39. The number of carbonyl (C=O) groups excluding carboxylic acids is 2. The predicted octanol–water partition coefficient (Wildman–Crippen LogP) is 1.39. The maximum atomic E-state index is 13.1. The molecule has 3 rings (SSSR count). The molecule has 29 heavy (non-hydrogen) atoms. The SMILES string of the molecule is COC[C@@H](O)CNCC(=O)N1CCc2cc(C(N)=O)ccc2C1C1CCCCC1. The average Bonchev–Trinajstić information content (AvgIpc) is 2.73. The van der Waals surface area contributed by atoms with Crippen molar-refractivity contribution < 1.29 is 19.4 Å². The maximum absolute atomic E-state index is 13.1. The first kappa shape index (κ1) is 21.7. The van der Waals surface area contributed by atoms with Gasteiger partial charge in [0.1, 0.15) is 0 Å². The first-order valence-electron chi connectivity index (χ1n) is 10.6. The Labute approximate surface area is 172 Å². The van der Waals surface area contributed by atoms with E-state index in [2.05, 4.69) is 5.32 Å². The Hall–Kier alpha value is -1.96. The summed E-state index contributed by atoms with van der Waals surface area (Å²) in [6, 6.07) is 5.71. The molecule has 1 heterocycles. The molecule has 160 valence electrons. The summed E-state index contributed by atoms with van der Waals surface area (Å²) in [5.41, 5.74) is 8.27. The Morgan fingerprint density at radius 2 is 2.07 bits per heavy atom. The summed E-state index contributed by atoms with van der Waals surface area (Å²) in [5, 5.41) is 12.8. The van der Waals surface area contributed by atoms with Gasteiger partial charge < -0.3 is 25.8 Å². The van der Waals surface area contributed by atoms with E-state index in [1.165, 1.54) is 26.4 Å². The molecule has 1 aromatic rings. The minimum Gasteiger partial charge on any atom is -0.389 e. The zero-order valence-electron chi connectivity index (χ0n) is 17.2. The number of amides is 2. The number of rotatable bonds is 8. The van der Waals surface area contributed by atoms with E-state index in [9.17, 15) is 14.7 Å². The van der Waals surface area contributed by atoms with Gasteiger partial charge in [-0.15, -0.1) is 0 Å². The third-order valence-electron chi connectivity index (χ3n) is 6.14. The minimum absolute atomic E-state index is 0.0409. The Kier molecular flexibility index (Phi) is 7.64. The van der Waals surface area contributed by atoms with E-state index < -0.39 is 12.0 Å². The Bertz CT molecular complexity index is 718. The number of aliphatic hydroxyl groups excluding tert-OH is 1. The van der Waals surface area contributed by atoms with Crippen LogP contribution in [0.3, 0.4) is 0 Å². The number of hydrogen-bond donors (Lipinski definition) is 3. The summed E-state index contributed by atoms with van der Waals surface area (Å²) >= 11 is 0. The molecule has 1 saturated carbocycles. The van der Waals surface area contributed by atoms with Crippen LogP contribution in [0.25, 0.3) is 0 Å². The van der Waals surface area contributed by atoms with Crippen LogP contribution < -0.4 is 11.1 Å². The van der Waals surface area contributed by atoms with Crippen molar-refractivity contribution >= 4 is 11.8 Å². The largest absolute Gasteiger partial charge is 0.389 e. The maximum Gasteiger partial charge on any atom is 0.248 e. The Morgan fingerprint density at radius 1 is 1.31 bits per heavy atom. The average molecular weight is 404 g/mol. The fraction of sp³-hybridized carbons (Fsp3) is 0.636. The van der Waals surface area contributed by atoms with E-state index in [1.807, 2.05) is 17.0 Å². The van der Waals surface area contributed by atoms with Gasteiger partial charge in [-0.05, 0) is 48.4 Å². The van der Waals surface area contributed by atoms with Crippen LogP contribution in [-0.2, 0) is 16.0 Å². The van der Waals surface area contributed by atoms with Crippen molar-refractivity contribution in [2.75, 3.05) is 33.4 Å². The van der Waals surface area contributed by atoms with Gasteiger partial charge in [0, 0.05) is 25.8 Å². The minimum atomic E-state index is -0.628. The van der Waals surface area contributed by atoms with Gasteiger partial charge in [0.15, 0.2) is 0 Å². The fourth-order valence-electron chi connectivity index (χ4n) is 4.75. The Balaban J connectivity index is 1.77. The van der Waals surface area contributed by atoms with Crippen LogP contribution in [0.5, 0.6) is 0 Å². The molecular formula is C22H33N3O4. The molecular weight excluding hydrogens is 370 g/mol. The number of hydrogen-bond acceptors (Lipinski definition) is 5. The standard InChI is InChI=1S/C22H33N3O4/c1-29-14-18(26)12-24-13-20(27)25-10-9-16-11-17(22(23)28)7-8-19(16)21(25)15-5-3-2-4-6-15/h7-8,11,15,18,21,24,26H,2-6,9-10,12-14H2,1H3,(H2,23,28)/t18-,21?/m0/s1. The molecule has 2 aliphatic rings. The number of methoxy groups -OCH3 is 1. The number of nitrogens with one attached hydrogen (secondary N) is 1. The molecule has 1 fully saturated rings. The lowest BCUT2D eigenvalue weighted by atomic mass is 9.77. The van der Waals surface area contributed by atoms with Crippen molar-refractivity contribution in [2.24, 2.45) is 11.7 Å². The van der Waals surface area contributed by atoms with E-state index in [1.54, 1.807) is 6.07 Å². The monoisotopic (exact) mass is 403 g/mol. The smallest absolute Gasteiger partial charge is 0.248 e. The van der Waals surface area contributed by atoms with Crippen molar-refractivity contribution in [2.45, 2.75) is 50.7 Å². The van der Waals surface area contributed by atoms with Crippen LogP contribution in [0.1, 0.15) is 59.6 Å². The number of ether oxygens (including phenoxy) is 1. The summed E-state index contributed by atoms with van der Waals surface area (Å²) < 4.78 is 4.92. The lowest BCUT2D eigenvalue weighted by molar-refractivity contribution is -0.135. The summed E-state index contributed by atoms with van der Waals surface area (Å²) in [6.07, 6.45) is 5.97. The highest BCUT2D eigenvalue weighted by Gasteiger charge is 2.36. The second kappa shape index (κ2) is 10.2. The molecule has 4 N–H and O–H groups in total. The molecule has 0 saturated heterocycles. The second-order valence-corrected chi connectivity index (χ2v) is 8.20. The van der Waals surface area contributed by atoms with Crippen molar-refractivity contribution in [3.63, 3.8) is 0 Å². The zero-order chi connectivity index (χ0) is 20.8. The number of primary amides is 1. The molecule has 2 amide bonds. The molecule has 2 atom stereocenters. The van der Waals surface area contributed by atoms with Gasteiger partial charge in [0.25, 0.3) is 0 Å². The third kappa shape index (κ3) is 5.35. The van der Waals surface area contributed by atoms with Crippen LogP contribution in [0.15, 0.2) is 18.2 Å². The van der Waals surface area contributed by atoms with E-state index in [0.717, 1.165) is 30.4 Å². The van der Waals surface area contributed by atoms with Crippen LogP contribution in [0, 0.1) is 5.92 Å². The molecule has 0 bridgehead atoms. The molecule has 0 radical (unpaired) electrons. The first-order valence-corrected chi connectivity index (χ1v) is 10.6. The van der Waals surface area contributed by atoms with E-state index >= 15 is 0 Å². The van der Waals surface area contributed by atoms with Gasteiger partial charge in [-0.25, -0.2) is 0 Å². The topological polar surface area (TPSA) is 105 Å². The first-order chi connectivity index (χ1) is 14.0. The summed E-state index contributed by atoms with van der Waals surface area (Å²) in [4.78, 5) is 26.6. The molecule has 0 aromatic heterocycles. The summed E-state index contributed by atoms with van der Waals surface area (Å²) in [5.74, 6) is 0.0689. The molecule has 7 nitrogen and oxygen atoms in total. The van der Waals surface area contributed by atoms with Gasteiger partial charge in [0.2, 0.25) is 11.8 Å². The molecule has 7 heteroatoms. The molecule has 1 aromatic carbocycles. The normalized spacial score (nSPS) is 20.9. The summed E-state index contributed by atoms with van der Waals surface area (Å²) in [7, 11) is 1.54. The van der Waals surface area contributed by atoms with Gasteiger partial charge in [-0.2, -0.15) is 0 Å². The zero-order valence-corrected chi connectivity index (χ0v) is 17.2. The quantitative estimate of drug-likeness (QED) is 0.608. The highest BCUT2D eigenvalue weighted by Crippen LogP contribution is 2.42. The van der Waals surface area contributed by atoms with Gasteiger partial charge >= 0.3 is 0 Å². The second-order valence-electron chi connectivity index (χ2n) is 8.20. The number of aliphatic hydroxyl groups is 1. The highest BCUT2D eigenvalue weighted by molar-refractivity contribution is 5.93. The fourth-order valence-corrected chi connectivity index (χ4v) is 4.75. The molecule has 0 spiro atoms. The van der Waals surface area contributed by atoms with Crippen LogP contribution in [0.2, 0.25) is 0 Å². The van der Waals surface area contributed by atoms with Crippen molar-refractivity contribution in [3.8, 4) is 0 Å². The van der Waals surface area contributed by atoms with E-state index in [0.29, 0.717) is 24.6 Å². The van der Waals surface area contributed by atoms with Gasteiger partial charge in [-0.1, -0.05) is 25.3 Å². The van der Waals surface area contributed by atoms with Crippen molar-refractivity contribution in [1.82, 2.24) is 10.2 Å². The predicted molar refractivity (Wildman–Crippen MR) is 110 cm³/mol. The number of nitrogens with two attached hydrogens (primary N) is 1. The third-order valence-corrected chi connectivity index (χ3v) is 6.14. The molecule has 1 unspecified atom stereocenters. The molecule has 1 aliphatic carbocycles. The lowest BCUT2D eigenvalue weighted by Crippen LogP contribution is -2.47. The van der Waals surface area contributed by atoms with Crippen LogP contribution in [-0.4, -0.2) is 61.3 Å². The van der Waals surface area contributed by atoms with E-state index in [-0.39, 0.29) is 25.1 Å². The van der Waals surface area contributed by atoms with Crippen LogP contribution in [0.4, 0.5) is 0 Å². The number of nitrogens with zero attached hydrogens (tertiary/aromatic N) is 1. The van der Waals surface area contributed by atoms with Crippen LogP contribution >= 0.6 is 0 Å². The van der Waals surface area contributed by atoms with Crippen molar-refractivity contribution in [3.05, 3.63) is 34.9 Å². The number of fused-ring (bicyclic) bond motifs is 1. The van der Waals surface area contributed by atoms with Gasteiger partial charge in [0.05, 0.1) is 25.3 Å². The lowest BCUT2D eigenvalue weighted by Gasteiger charge is -2.43. The van der Waals surface area contributed by atoms with Crippen molar-refractivity contribution in [1.29, 1.82) is 0 Å². The Morgan fingerprint density at radius 3 is 2.76 bits per heavy atom. The number of benzene rings is 1. The number of carbonyl (C=O) groups is 2. The highest BCUT2D eigenvalue weighted by atomic mass is 16.5. The van der Waals surface area contributed by atoms with E-state index in [4.69, 9.17) is 10.5 Å². The molecule has 1 aliphatic heterocycles. The van der Waals surface area contributed by atoms with Gasteiger partial charge in [-0.3, -0.25) is 9.59 Å².